The molecule has 2 saturated heterocycles. The number of piperidine rings is 1. The molecule has 0 aliphatic carbocycles. The molecule has 0 radical (unpaired) electrons. The van der Waals surface area contributed by atoms with Crippen molar-refractivity contribution in [3.05, 3.63) is 12.2 Å². The summed E-state index contributed by atoms with van der Waals surface area (Å²) in [5.74, 6) is 0.598. The molecule has 2 fully saturated rings. The highest BCUT2D eigenvalue weighted by Gasteiger charge is 2.33. The lowest BCUT2D eigenvalue weighted by Crippen LogP contribution is -3.14. The topological polar surface area (TPSA) is 13.7 Å². The van der Waals surface area contributed by atoms with Gasteiger partial charge in [-0.3, -0.25) is 0 Å². The molecule has 0 unspecified atom stereocenters. The number of ether oxygens (including phenoxy) is 1. The monoisotopic (exact) mass is 238 g/mol. The predicted molar refractivity (Wildman–Crippen MR) is 71.3 cm³/mol. The molecule has 0 aromatic heterocycles. The molecule has 0 amide bonds. The van der Waals surface area contributed by atoms with Crippen LogP contribution >= 0.6 is 0 Å². The molecular weight excluding hydrogens is 210 g/mol. The van der Waals surface area contributed by atoms with Crippen molar-refractivity contribution < 1.29 is 9.64 Å². The van der Waals surface area contributed by atoms with Crippen LogP contribution in [0.4, 0.5) is 0 Å². The second kappa shape index (κ2) is 6.01. The predicted octanol–water partition coefficient (Wildman–Crippen LogP) is 1.81. The van der Waals surface area contributed by atoms with E-state index in [1.54, 1.807) is 4.90 Å². The summed E-state index contributed by atoms with van der Waals surface area (Å²) in [7, 11) is 0. The standard InChI is InChI=1S/C15H27NO/c1-12(2)14-8-7-13(3)17-15(14)11-16-9-5-4-6-10-16/h13-15H,1,4-11H2,2-3H3/p+1/t13-,14-,15-/m0/s1. The van der Waals surface area contributed by atoms with Crippen LogP contribution in [0.1, 0.15) is 46.0 Å². The number of quaternary nitrogens is 1. The zero-order chi connectivity index (χ0) is 12.3. The Bertz CT molecular complexity index is 258. The fraction of sp³-hybridized carbons (Fsp3) is 0.867. The Kier molecular flexibility index (Phi) is 4.63. The van der Waals surface area contributed by atoms with Gasteiger partial charge < -0.3 is 9.64 Å². The maximum absolute atomic E-state index is 6.18. The first-order valence-electron chi connectivity index (χ1n) is 7.31. The Morgan fingerprint density at radius 1 is 1.24 bits per heavy atom. The molecule has 2 aliphatic heterocycles. The second-order valence-corrected chi connectivity index (χ2v) is 6.03. The van der Waals surface area contributed by atoms with Gasteiger partial charge in [0, 0.05) is 5.92 Å². The molecule has 0 saturated carbocycles. The molecule has 3 atom stereocenters. The van der Waals surface area contributed by atoms with Crippen LogP contribution in [0.25, 0.3) is 0 Å². The van der Waals surface area contributed by atoms with Gasteiger partial charge in [-0.1, -0.05) is 12.2 Å². The van der Waals surface area contributed by atoms with Crippen molar-refractivity contribution in [2.24, 2.45) is 5.92 Å². The van der Waals surface area contributed by atoms with Crippen LogP contribution < -0.4 is 4.90 Å². The molecule has 1 N–H and O–H groups in total. The third kappa shape index (κ3) is 3.56. The zero-order valence-corrected chi connectivity index (χ0v) is 11.5. The smallest absolute Gasteiger partial charge is 0.113 e. The quantitative estimate of drug-likeness (QED) is 0.741. The van der Waals surface area contributed by atoms with E-state index in [0.29, 0.717) is 18.1 Å². The van der Waals surface area contributed by atoms with Gasteiger partial charge in [0.25, 0.3) is 0 Å². The van der Waals surface area contributed by atoms with Crippen LogP contribution in [0, 0.1) is 5.92 Å². The van der Waals surface area contributed by atoms with E-state index in [-0.39, 0.29) is 0 Å². The minimum atomic E-state index is 0.421. The van der Waals surface area contributed by atoms with E-state index in [9.17, 15) is 0 Å². The minimum absolute atomic E-state index is 0.421. The van der Waals surface area contributed by atoms with Crippen molar-refractivity contribution in [1.82, 2.24) is 0 Å². The molecule has 0 spiro atoms. The Labute approximate surface area is 106 Å². The summed E-state index contributed by atoms with van der Waals surface area (Å²) in [4.78, 5) is 1.75. The van der Waals surface area contributed by atoms with Crippen LogP contribution in [0.3, 0.4) is 0 Å². The van der Waals surface area contributed by atoms with E-state index in [0.717, 1.165) is 0 Å². The summed E-state index contributed by atoms with van der Waals surface area (Å²) in [5, 5.41) is 0. The van der Waals surface area contributed by atoms with Crippen molar-refractivity contribution in [3.8, 4) is 0 Å². The third-order valence-corrected chi connectivity index (χ3v) is 4.42. The highest BCUT2D eigenvalue weighted by Crippen LogP contribution is 2.29. The molecule has 2 aliphatic rings. The zero-order valence-electron chi connectivity index (χ0n) is 11.5. The first-order chi connectivity index (χ1) is 8.16. The Morgan fingerprint density at radius 2 is 1.94 bits per heavy atom. The van der Waals surface area contributed by atoms with Gasteiger partial charge in [0.2, 0.25) is 0 Å². The molecule has 0 aromatic rings. The Hall–Kier alpha value is -0.340. The summed E-state index contributed by atoms with van der Waals surface area (Å²) in [6.45, 7) is 12.4. The SMILES string of the molecule is C=C(C)[C@@H]1CC[C@H](C)O[C@H]1C[NH+]1CCCCC1. The maximum atomic E-state index is 6.18. The van der Waals surface area contributed by atoms with E-state index in [1.807, 2.05) is 0 Å². The molecule has 2 rings (SSSR count). The van der Waals surface area contributed by atoms with E-state index >= 15 is 0 Å². The average molecular weight is 238 g/mol. The van der Waals surface area contributed by atoms with Crippen molar-refractivity contribution in [2.45, 2.75) is 58.2 Å². The Balaban J connectivity index is 1.92. The molecular formula is C15H28NO+. The normalized spacial score (nSPS) is 35.8. The average Bonchev–Trinajstić information content (AvgIpc) is 2.30. The second-order valence-electron chi connectivity index (χ2n) is 6.03. The highest BCUT2D eigenvalue weighted by atomic mass is 16.5. The first kappa shape index (κ1) is 13.1. The molecule has 0 bridgehead atoms. The van der Waals surface area contributed by atoms with E-state index in [2.05, 4.69) is 20.4 Å². The van der Waals surface area contributed by atoms with Crippen molar-refractivity contribution in [3.63, 3.8) is 0 Å². The lowest BCUT2D eigenvalue weighted by Gasteiger charge is -2.37. The van der Waals surface area contributed by atoms with Crippen LogP contribution in [-0.4, -0.2) is 31.8 Å². The van der Waals surface area contributed by atoms with Gasteiger partial charge >= 0.3 is 0 Å². The highest BCUT2D eigenvalue weighted by molar-refractivity contribution is 5.01. The van der Waals surface area contributed by atoms with Gasteiger partial charge in [0.15, 0.2) is 0 Å². The van der Waals surface area contributed by atoms with E-state index < -0.39 is 0 Å². The van der Waals surface area contributed by atoms with Gasteiger partial charge in [-0.25, -0.2) is 0 Å². The molecule has 0 aromatic carbocycles. The van der Waals surface area contributed by atoms with Crippen LogP contribution in [-0.2, 0) is 4.74 Å². The first-order valence-corrected chi connectivity index (χ1v) is 7.31. The molecule has 2 heterocycles. The van der Waals surface area contributed by atoms with Crippen LogP contribution in [0.2, 0.25) is 0 Å². The number of likely N-dealkylation sites (tertiary alicyclic amines) is 1. The van der Waals surface area contributed by atoms with Gasteiger partial charge in [-0.15, -0.1) is 0 Å². The summed E-state index contributed by atoms with van der Waals surface area (Å²) < 4.78 is 6.18. The summed E-state index contributed by atoms with van der Waals surface area (Å²) in [6.07, 6.45) is 7.56. The largest absolute Gasteiger partial charge is 0.369 e. The van der Waals surface area contributed by atoms with Crippen LogP contribution in [0.5, 0.6) is 0 Å². The number of hydrogen-bond donors (Lipinski definition) is 1. The molecule has 17 heavy (non-hydrogen) atoms. The van der Waals surface area contributed by atoms with Gasteiger partial charge in [0.05, 0.1) is 19.2 Å². The maximum Gasteiger partial charge on any atom is 0.113 e. The molecule has 2 heteroatoms. The number of nitrogens with one attached hydrogen (secondary N) is 1. The summed E-state index contributed by atoms with van der Waals surface area (Å²) in [5.41, 5.74) is 1.32. The number of rotatable bonds is 3. The minimum Gasteiger partial charge on any atom is -0.369 e. The fourth-order valence-electron chi connectivity index (χ4n) is 3.36. The Morgan fingerprint density at radius 3 is 2.59 bits per heavy atom. The molecule has 2 nitrogen and oxygen atoms in total. The van der Waals surface area contributed by atoms with Crippen molar-refractivity contribution >= 4 is 0 Å². The third-order valence-electron chi connectivity index (χ3n) is 4.42. The summed E-state index contributed by atoms with van der Waals surface area (Å²) in [6, 6.07) is 0. The lowest BCUT2D eigenvalue weighted by atomic mass is 9.86. The van der Waals surface area contributed by atoms with E-state index in [4.69, 9.17) is 4.74 Å². The van der Waals surface area contributed by atoms with E-state index in [1.165, 1.54) is 57.3 Å². The lowest BCUT2D eigenvalue weighted by molar-refractivity contribution is -0.908. The molecule has 98 valence electrons. The summed E-state index contributed by atoms with van der Waals surface area (Å²) >= 11 is 0. The van der Waals surface area contributed by atoms with Gasteiger partial charge in [-0.05, 0) is 46.0 Å². The van der Waals surface area contributed by atoms with Crippen LogP contribution in [0.15, 0.2) is 12.2 Å². The van der Waals surface area contributed by atoms with Crippen molar-refractivity contribution in [1.29, 1.82) is 0 Å². The number of hydrogen-bond acceptors (Lipinski definition) is 1. The van der Waals surface area contributed by atoms with Crippen molar-refractivity contribution in [2.75, 3.05) is 19.6 Å². The van der Waals surface area contributed by atoms with Gasteiger partial charge in [0.1, 0.15) is 12.6 Å². The fourth-order valence-corrected chi connectivity index (χ4v) is 3.36. The van der Waals surface area contributed by atoms with Gasteiger partial charge in [-0.2, -0.15) is 0 Å².